The zero-order valence-electron chi connectivity index (χ0n) is 16.4. The van der Waals surface area contributed by atoms with Crippen molar-refractivity contribution in [3.8, 4) is 0 Å². The van der Waals surface area contributed by atoms with Crippen LogP contribution in [0.2, 0.25) is 0 Å². The molecule has 1 aliphatic heterocycles. The Hall–Kier alpha value is -2.13. The van der Waals surface area contributed by atoms with Crippen molar-refractivity contribution in [2.24, 2.45) is 5.92 Å². The maximum atomic E-state index is 11.9. The second kappa shape index (κ2) is 7.47. The largest absolute Gasteiger partial charge is 0.347 e. The Kier molecular flexibility index (Phi) is 5.05. The van der Waals surface area contributed by atoms with Crippen LogP contribution in [0.25, 0.3) is 0 Å². The molecule has 1 saturated carbocycles. The molecule has 0 bridgehead atoms. The summed E-state index contributed by atoms with van der Waals surface area (Å²) in [5, 5.41) is 3.28. The zero-order chi connectivity index (χ0) is 18.9. The van der Waals surface area contributed by atoms with E-state index in [1.165, 1.54) is 29.7 Å². The van der Waals surface area contributed by atoms with Crippen LogP contribution in [0.1, 0.15) is 48.8 Å². The summed E-state index contributed by atoms with van der Waals surface area (Å²) in [6.45, 7) is 7.06. The first-order valence-electron chi connectivity index (χ1n) is 10.2. The monoisotopic (exact) mass is 362 g/mol. The number of hydrogen-bond acceptors (Lipinski definition) is 2. The van der Waals surface area contributed by atoms with E-state index in [9.17, 15) is 4.79 Å². The standard InChI is InChI=1S/C24H30N2O/c1-18-8-10-20(11-9-18)23-16-21(23)17-26-14-12-24(13-15-26,25-19(2)27)22-6-4-3-5-7-22/h3-11,21,23H,12-17H2,1-2H3,(H,25,27)/t21-,23+/m0/s1. The minimum Gasteiger partial charge on any atom is -0.347 e. The fraction of sp³-hybridized carbons (Fsp3) is 0.458. The number of piperidine rings is 1. The molecule has 2 aliphatic rings. The molecule has 1 heterocycles. The van der Waals surface area contributed by atoms with Crippen LogP contribution in [0.5, 0.6) is 0 Å². The van der Waals surface area contributed by atoms with Crippen LogP contribution in [0.3, 0.4) is 0 Å². The van der Waals surface area contributed by atoms with Gasteiger partial charge in [-0.2, -0.15) is 0 Å². The van der Waals surface area contributed by atoms with Gasteiger partial charge >= 0.3 is 0 Å². The molecule has 1 aliphatic carbocycles. The van der Waals surface area contributed by atoms with Crippen LogP contribution in [-0.4, -0.2) is 30.4 Å². The highest BCUT2D eigenvalue weighted by molar-refractivity contribution is 5.74. The van der Waals surface area contributed by atoms with Crippen molar-refractivity contribution in [2.75, 3.05) is 19.6 Å². The van der Waals surface area contributed by atoms with Crippen molar-refractivity contribution >= 4 is 5.91 Å². The quantitative estimate of drug-likeness (QED) is 0.863. The molecule has 2 aromatic carbocycles. The molecule has 3 heteroatoms. The van der Waals surface area contributed by atoms with E-state index in [0.717, 1.165) is 37.8 Å². The van der Waals surface area contributed by atoms with E-state index in [0.29, 0.717) is 0 Å². The summed E-state index contributed by atoms with van der Waals surface area (Å²) in [6, 6.07) is 19.5. The van der Waals surface area contributed by atoms with Crippen LogP contribution in [-0.2, 0) is 10.3 Å². The van der Waals surface area contributed by atoms with Crippen molar-refractivity contribution in [1.82, 2.24) is 10.2 Å². The number of likely N-dealkylation sites (tertiary alicyclic amines) is 1. The normalized spacial score (nSPS) is 24.4. The molecule has 2 aromatic rings. The molecule has 3 nitrogen and oxygen atoms in total. The van der Waals surface area contributed by atoms with E-state index in [1.807, 2.05) is 6.07 Å². The van der Waals surface area contributed by atoms with Gasteiger partial charge in [0, 0.05) is 26.6 Å². The molecule has 1 saturated heterocycles. The molecule has 27 heavy (non-hydrogen) atoms. The van der Waals surface area contributed by atoms with Crippen LogP contribution < -0.4 is 5.32 Å². The smallest absolute Gasteiger partial charge is 0.217 e. The van der Waals surface area contributed by atoms with E-state index in [-0.39, 0.29) is 11.4 Å². The Morgan fingerprint density at radius 2 is 1.74 bits per heavy atom. The van der Waals surface area contributed by atoms with Gasteiger partial charge in [0.15, 0.2) is 0 Å². The van der Waals surface area contributed by atoms with Crippen LogP contribution in [0, 0.1) is 12.8 Å². The molecule has 2 fully saturated rings. The van der Waals surface area contributed by atoms with Crippen molar-refractivity contribution in [2.45, 2.75) is 44.6 Å². The third-order valence-corrected chi connectivity index (χ3v) is 6.37. The van der Waals surface area contributed by atoms with Gasteiger partial charge in [-0.1, -0.05) is 60.2 Å². The lowest BCUT2D eigenvalue weighted by Crippen LogP contribution is -2.52. The highest BCUT2D eigenvalue weighted by Gasteiger charge is 2.42. The van der Waals surface area contributed by atoms with E-state index in [2.05, 4.69) is 65.7 Å². The summed E-state index contributed by atoms with van der Waals surface area (Å²) in [6.07, 6.45) is 3.28. The van der Waals surface area contributed by atoms with Gasteiger partial charge in [0.25, 0.3) is 0 Å². The molecular formula is C24H30N2O. The summed E-state index contributed by atoms with van der Waals surface area (Å²) >= 11 is 0. The summed E-state index contributed by atoms with van der Waals surface area (Å²) < 4.78 is 0. The highest BCUT2D eigenvalue weighted by atomic mass is 16.1. The van der Waals surface area contributed by atoms with Gasteiger partial charge in [-0.25, -0.2) is 0 Å². The minimum absolute atomic E-state index is 0.0638. The van der Waals surface area contributed by atoms with Crippen LogP contribution in [0.15, 0.2) is 54.6 Å². The molecular weight excluding hydrogens is 332 g/mol. The van der Waals surface area contributed by atoms with Gasteiger partial charge in [0.1, 0.15) is 0 Å². The third kappa shape index (κ3) is 4.08. The summed E-state index contributed by atoms with van der Waals surface area (Å²) in [5.74, 6) is 1.59. The fourth-order valence-corrected chi connectivity index (χ4v) is 4.70. The maximum Gasteiger partial charge on any atom is 0.217 e. The van der Waals surface area contributed by atoms with Gasteiger partial charge in [-0.15, -0.1) is 0 Å². The Morgan fingerprint density at radius 1 is 1.07 bits per heavy atom. The van der Waals surface area contributed by atoms with E-state index in [1.54, 1.807) is 6.92 Å². The lowest BCUT2D eigenvalue weighted by Gasteiger charge is -2.43. The van der Waals surface area contributed by atoms with Gasteiger partial charge in [-0.05, 0) is 49.1 Å². The van der Waals surface area contributed by atoms with Crippen molar-refractivity contribution in [3.63, 3.8) is 0 Å². The number of hydrogen-bond donors (Lipinski definition) is 1. The average molecular weight is 363 g/mol. The molecule has 4 rings (SSSR count). The number of benzene rings is 2. The Balaban J connectivity index is 1.36. The van der Waals surface area contributed by atoms with Gasteiger partial charge in [0.05, 0.1) is 5.54 Å². The second-order valence-electron chi connectivity index (χ2n) is 8.44. The first kappa shape index (κ1) is 18.2. The number of rotatable bonds is 5. The predicted octanol–water partition coefficient (Wildman–Crippen LogP) is 4.23. The number of nitrogens with one attached hydrogen (secondary N) is 1. The molecule has 1 amide bonds. The molecule has 2 atom stereocenters. The SMILES string of the molecule is CC(=O)NC1(c2ccccc2)CCN(C[C@@H]2C[C@@H]2c2ccc(C)cc2)CC1. The average Bonchev–Trinajstić information content (AvgIpc) is 3.43. The Labute approximate surface area is 162 Å². The van der Waals surface area contributed by atoms with E-state index in [4.69, 9.17) is 0 Å². The summed E-state index contributed by atoms with van der Waals surface area (Å²) in [5.41, 5.74) is 3.87. The fourth-order valence-electron chi connectivity index (χ4n) is 4.70. The predicted molar refractivity (Wildman–Crippen MR) is 110 cm³/mol. The number of carbonyl (C=O) groups excluding carboxylic acids is 1. The Bertz CT molecular complexity index is 776. The zero-order valence-corrected chi connectivity index (χ0v) is 16.4. The maximum absolute atomic E-state index is 11.9. The molecule has 0 unspecified atom stereocenters. The van der Waals surface area contributed by atoms with Crippen molar-refractivity contribution in [1.29, 1.82) is 0 Å². The summed E-state index contributed by atoms with van der Waals surface area (Å²) in [7, 11) is 0. The van der Waals surface area contributed by atoms with Crippen LogP contribution in [0.4, 0.5) is 0 Å². The van der Waals surface area contributed by atoms with Crippen molar-refractivity contribution in [3.05, 3.63) is 71.3 Å². The molecule has 0 spiro atoms. The Morgan fingerprint density at radius 3 is 2.37 bits per heavy atom. The van der Waals surface area contributed by atoms with Crippen molar-refractivity contribution < 1.29 is 4.79 Å². The van der Waals surface area contributed by atoms with E-state index < -0.39 is 0 Å². The molecule has 142 valence electrons. The number of aryl methyl sites for hydroxylation is 1. The lowest BCUT2D eigenvalue weighted by molar-refractivity contribution is -0.121. The van der Waals surface area contributed by atoms with Gasteiger partial charge in [0.2, 0.25) is 5.91 Å². The van der Waals surface area contributed by atoms with Crippen LogP contribution >= 0.6 is 0 Å². The first-order valence-corrected chi connectivity index (χ1v) is 10.2. The third-order valence-electron chi connectivity index (χ3n) is 6.37. The van der Waals surface area contributed by atoms with E-state index >= 15 is 0 Å². The molecule has 0 radical (unpaired) electrons. The first-order chi connectivity index (χ1) is 13.1. The highest BCUT2D eigenvalue weighted by Crippen LogP contribution is 2.48. The van der Waals surface area contributed by atoms with Gasteiger partial charge < -0.3 is 10.2 Å². The lowest BCUT2D eigenvalue weighted by atomic mass is 9.80. The molecule has 1 N–H and O–H groups in total. The number of carbonyl (C=O) groups is 1. The number of nitrogens with zero attached hydrogens (tertiary/aromatic N) is 1. The second-order valence-corrected chi connectivity index (χ2v) is 8.44. The van der Waals surface area contributed by atoms with Gasteiger partial charge in [-0.3, -0.25) is 4.79 Å². The summed E-state index contributed by atoms with van der Waals surface area (Å²) in [4.78, 5) is 14.5. The molecule has 0 aromatic heterocycles. The topological polar surface area (TPSA) is 32.3 Å². The minimum atomic E-state index is -0.205. The number of amides is 1.